The summed E-state index contributed by atoms with van der Waals surface area (Å²) in [5, 5.41) is -3.20. The number of carbonyl (C=O) groups is 2. The van der Waals surface area contributed by atoms with E-state index in [0.29, 0.717) is 0 Å². The Labute approximate surface area is 101 Å². The third kappa shape index (κ3) is 5.67. The molecule has 0 spiro atoms. The van der Waals surface area contributed by atoms with Gasteiger partial charge >= 0.3 is 20.4 Å². The van der Waals surface area contributed by atoms with Crippen LogP contribution in [0.3, 0.4) is 0 Å². The molecule has 0 fully saturated rings. The molecule has 0 amide bonds. The fraction of sp³-hybridized carbons (Fsp3) is 0.800. The zero-order chi connectivity index (χ0) is 14.1. The van der Waals surface area contributed by atoms with Crippen LogP contribution in [0.4, 0.5) is 9.59 Å². The van der Waals surface area contributed by atoms with Gasteiger partial charge in [-0.3, -0.25) is 0 Å². The number of ether oxygens (including phenoxy) is 2. The van der Waals surface area contributed by atoms with E-state index in [4.69, 9.17) is 0 Å². The summed E-state index contributed by atoms with van der Waals surface area (Å²) in [5.74, 6) is 0. The summed E-state index contributed by atoms with van der Waals surface area (Å²) in [6.07, 6.45) is 0. The van der Waals surface area contributed by atoms with Crippen LogP contribution in [0.2, 0.25) is 0 Å². The summed E-state index contributed by atoms with van der Waals surface area (Å²) in [5.41, 5.74) is -1.99. The first-order valence-electron chi connectivity index (χ1n) is 4.97. The quantitative estimate of drug-likeness (QED) is 0.625. The standard InChI is InChI=1S/C10H18O6S/c1-9(2,3)15-7(11)17(13,14)8(12)16-10(4,5)6/h1-6H3. The molecule has 100 valence electrons. The molecule has 0 saturated carbocycles. The van der Waals surface area contributed by atoms with Gasteiger partial charge < -0.3 is 9.47 Å². The number of carbonyl (C=O) groups excluding carboxylic acids is 2. The molecule has 0 atom stereocenters. The van der Waals surface area contributed by atoms with Crippen molar-refractivity contribution in [2.24, 2.45) is 0 Å². The maximum absolute atomic E-state index is 11.4. The summed E-state index contributed by atoms with van der Waals surface area (Å²) in [6, 6.07) is 0. The highest BCUT2D eigenvalue weighted by molar-refractivity contribution is 8.18. The normalized spacial score (nSPS) is 13.1. The zero-order valence-corrected chi connectivity index (χ0v) is 11.7. The van der Waals surface area contributed by atoms with Gasteiger partial charge in [-0.1, -0.05) is 0 Å². The fourth-order valence-electron chi connectivity index (χ4n) is 0.678. The molecular weight excluding hydrogens is 248 g/mol. The van der Waals surface area contributed by atoms with Crippen molar-refractivity contribution in [3.63, 3.8) is 0 Å². The van der Waals surface area contributed by atoms with E-state index in [1.54, 1.807) is 0 Å². The van der Waals surface area contributed by atoms with Gasteiger partial charge in [-0.15, -0.1) is 0 Å². The Kier molecular flexibility index (Phi) is 4.33. The highest BCUT2D eigenvalue weighted by Crippen LogP contribution is 2.15. The Morgan fingerprint density at radius 2 is 1.00 bits per heavy atom. The molecule has 0 aliphatic rings. The lowest BCUT2D eigenvalue weighted by Gasteiger charge is -2.21. The van der Waals surface area contributed by atoms with Crippen molar-refractivity contribution in [2.75, 3.05) is 0 Å². The summed E-state index contributed by atoms with van der Waals surface area (Å²) in [6.45, 7) is 8.97. The third-order valence-electron chi connectivity index (χ3n) is 1.22. The first-order valence-corrected chi connectivity index (χ1v) is 6.45. The van der Waals surface area contributed by atoms with Gasteiger partial charge in [-0.2, -0.15) is 0 Å². The van der Waals surface area contributed by atoms with E-state index in [1.807, 2.05) is 0 Å². The van der Waals surface area contributed by atoms with Crippen molar-refractivity contribution >= 4 is 20.4 Å². The van der Waals surface area contributed by atoms with Gasteiger partial charge in [0.1, 0.15) is 11.2 Å². The molecule has 0 aromatic rings. The van der Waals surface area contributed by atoms with Gasteiger partial charge in [0.15, 0.2) is 0 Å². The second-order valence-corrected chi connectivity index (χ2v) is 7.11. The Hall–Kier alpha value is -1.11. The van der Waals surface area contributed by atoms with E-state index in [-0.39, 0.29) is 0 Å². The Morgan fingerprint density at radius 3 is 1.18 bits per heavy atom. The first kappa shape index (κ1) is 15.9. The van der Waals surface area contributed by atoms with Crippen molar-refractivity contribution in [1.29, 1.82) is 0 Å². The van der Waals surface area contributed by atoms with E-state index in [1.165, 1.54) is 41.5 Å². The molecule has 6 nitrogen and oxygen atoms in total. The molecule has 0 rings (SSSR count). The number of hydrogen-bond acceptors (Lipinski definition) is 6. The molecular formula is C10H18O6S. The monoisotopic (exact) mass is 266 g/mol. The lowest BCUT2D eigenvalue weighted by Crippen LogP contribution is -2.35. The molecule has 0 unspecified atom stereocenters. The number of sulfone groups is 1. The van der Waals surface area contributed by atoms with Crippen LogP contribution in [0.5, 0.6) is 0 Å². The molecule has 0 bridgehead atoms. The Morgan fingerprint density at radius 1 is 0.765 bits per heavy atom. The van der Waals surface area contributed by atoms with E-state index in [9.17, 15) is 18.0 Å². The smallest absolute Gasteiger partial charge is 0.436 e. The largest absolute Gasteiger partial charge is 0.448 e. The molecule has 0 heterocycles. The highest BCUT2D eigenvalue weighted by Gasteiger charge is 2.39. The van der Waals surface area contributed by atoms with Crippen molar-refractivity contribution in [3.05, 3.63) is 0 Å². The maximum atomic E-state index is 11.4. The second kappa shape index (κ2) is 4.64. The van der Waals surface area contributed by atoms with Crippen LogP contribution in [0.1, 0.15) is 41.5 Å². The fourth-order valence-corrected chi connectivity index (χ4v) is 1.53. The van der Waals surface area contributed by atoms with E-state index >= 15 is 0 Å². The molecule has 0 aromatic carbocycles. The van der Waals surface area contributed by atoms with Crippen molar-refractivity contribution in [1.82, 2.24) is 0 Å². The van der Waals surface area contributed by atoms with Crippen LogP contribution >= 0.6 is 0 Å². The molecule has 0 aliphatic heterocycles. The molecule has 7 heteroatoms. The highest BCUT2D eigenvalue weighted by atomic mass is 32.2. The molecule has 0 aromatic heterocycles. The van der Waals surface area contributed by atoms with Crippen molar-refractivity contribution in [3.8, 4) is 0 Å². The molecule has 0 N–H and O–H groups in total. The Bertz CT molecular complexity index is 373. The first-order chi connectivity index (χ1) is 7.26. The molecule has 0 saturated heterocycles. The lowest BCUT2D eigenvalue weighted by molar-refractivity contribution is 0.0660. The Balaban J connectivity index is 4.92. The van der Waals surface area contributed by atoms with E-state index < -0.39 is 31.6 Å². The second-order valence-electron chi connectivity index (χ2n) is 5.43. The lowest BCUT2D eigenvalue weighted by atomic mass is 10.2. The van der Waals surface area contributed by atoms with Crippen LogP contribution in [0, 0.1) is 0 Å². The van der Waals surface area contributed by atoms with Crippen LogP contribution < -0.4 is 0 Å². The predicted octanol–water partition coefficient (Wildman–Crippen LogP) is 2.27. The van der Waals surface area contributed by atoms with Crippen LogP contribution in [-0.2, 0) is 19.3 Å². The maximum Gasteiger partial charge on any atom is 0.436 e. The van der Waals surface area contributed by atoms with Crippen molar-refractivity contribution in [2.45, 2.75) is 52.7 Å². The molecule has 0 aliphatic carbocycles. The summed E-state index contributed by atoms with van der Waals surface area (Å²) < 4.78 is 32.1. The molecule has 0 radical (unpaired) electrons. The zero-order valence-electron chi connectivity index (χ0n) is 10.9. The van der Waals surface area contributed by atoms with Gasteiger partial charge in [0.25, 0.3) is 0 Å². The number of rotatable bonds is 0. The minimum Gasteiger partial charge on any atom is -0.448 e. The van der Waals surface area contributed by atoms with E-state index in [2.05, 4.69) is 9.47 Å². The van der Waals surface area contributed by atoms with Gasteiger partial charge in [-0.25, -0.2) is 18.0 Å². The topological polar surface area (TPSA) is 86.7 Å². The van der Waals surface area contributed by atoms with Crippen LogP contribution in [0.25, 0.3) is 0 Å². The van der Waals surface area contributed by atoms with Gasteiger partial charge in [0.05, 0.1) is 0 Å². The predicted molar refractivity (Wildman–Crippen MR) is 61.4 cm³/mol. The third-order valence-corrected chi connectivity index (χ3v) is 2.26. The summed E-state index contributed by atoms with van der Waals surface area (Å²) >= 11 is 0. The van der Waals surface area contributed by atoms with Crippen molar-refractivity contribution < 1.29 is 27.5 Å². The minimum atomic E-state index is -4.73. The SMILES string of the molecule is CC(C)(C)OC(=O)S(=O)(=O)C(=O)OC(C)(C)C. The number of hydrogen-bond donors (Lipinski definition) is 0. The van der Waals surface area contributed by atoms with Gasteiger partial charge in [0.2, 0.25) is 0 Å². The average molecular weight is 266 g/mol. The average Bonchev–Trinajstić information content (AvgIpc) is 1.96. The summed E-state index contributed by atoms with van der Waals surface area (Å²) in [4.78, 5) is 22.6. The minimum absolute atomic E-state index is 0.994. The van der Waals surface area contributed by atoms with Gasteiger partial charge in [0, 0.05) is 0 Å². The van der Waals surface area contributed by atoms with Gasteiger partial charge in [-0.05, 0) is 41.5 Å². The molecule has 17 heavy (non-hydrogen) atoms. The summed E-state index contributed by atoms with van der Waals surface area (Å²) in [7, 11) is -4.73. The van der Waals surface area contributed by atoms with Crippen LogP contribution in [0.15, 0.2) is 0 Å². The van der Waals surface area contributed by atoms with E-state index in [0.717, 1.165) is 0 Å². The van der Waals surface area contributed by atoms with Crippen LogP contribution in [-0.4, -0.2) is 30.2 Å².